The number of aryl methyl sites for hydroxylation is 1. The Morgan fingerprint density at radius 2 is 1.80 bits per heavy atom. The molecule has 0 atom stereocenters. The maximum absolute atomic E-state index is 10.3. The Bertz CT molecular complexity index is 327. The molecular formula is C15H31N3O2. The van der Waals surface area contributed by atoms with Crippen molar-refractivity contribution in [3.05, 3.63) is 28.4 Å². The zero-order valence-electron chi connectivity index (χ0n) is 13.6. The normalized spacial score (nSPS) is 13.1. The summed E-state index contributed by atoms with van der Waals surface area (Å²) in [6, 6.07) is 0. The highest BCUT2D eigenvalue weighted by Gasteiger charge is 2.08. The standard InChI is InChI=1S/C6H13NO.C5H6N2O.2C2H6/c8-6-5-7-3-1-2-4-7;1-4-2-7-5(8)3-6-4;2*1-2/h8H,1-6H2;2-3H,1H3,(H,7,8);2*1-2H3. The van der Waals surface area contributed by atoms with Crippen molar-refractivity contribution in [1.82, 2.24) is 14.9 Å². The first-order valence-corrected chi connectivity index (χ1v) is 7.57. The molecule has 0 aliphatic carbocycles. The van der Waals surface area contributed by atoms with E-state index in [1.165, 1.54) is 32.1 Å². The van der Waals surface area contributed by atoms with Crippen LogP contribution in [0.2, 0.25) is 0 Å². The number of hydrogen-bond donors (Lipinski definition) is 2. The summed E-state index contributed by atoms with van der Waals surface area (Å²) in [7, 11) is 0. The summed E-state index contributed by atoms with van der Waals surface area (Å²) in [5, 5.41) is 8.48. The molecule has 1 aliphatic rings. The Hall–Kier alpha value is -1.20. The fourth-order valence-electron chi connectivity index (χ4n) is 1.56. The predicted octanol–water partition coefficient (Wildman–Crippen LogP) is 2.21. The SMILES string of the molecule is CC.CC.Cc1c[nH]c(=O)cn1.OCCN1CCCC1. The molecule has 1 aliphatic heterocycles. The summed E-state index contributed by atoms with van der Waals surface area (Å²) in [4.78, 5) is 18.8. The maximum Gasteiger partial charge on any atom is 0.266 e. The molecule has 5 heteroatoms. The van der Waals surface area contributed by atoms with Crippen LogP contribution in [0.25, 0.3) is 0 Å². The highest BCUT2D eigenvalue weighted by Crippen LogP contribution is 2.05. The van der Waals surface area contributed by atoms with Gasteiger partial charge in [0.15, 0.2) is 0 Å². The largest absolute Gasteiger partial charge is 0.395 e. The lowest BCUT2D eigenvalue weighted by Gasteiger charge is -2.10. The first kappa shape index (κ1) is 21.1. The second kappa shape index (κ2) is 15.9. The molecule has 0 bridgehead atoms. The summed E-state index contributed by atoms with van der Waals surface area (Å²) >= 11 is 0. The van der Waals surface area contributed by atoms with Crippen LogP contribution in [-0.2, 0) is 0 Å². The van der Waals surface area contributed by atoms with E-state index in [1.54, 1.807) is 6.20 Å². The number of aromatic nitrogens is 2. The van der Waals surface area contributed by atoms with Gasteiger partial charge in [0, 0.05) is 12.7 Å². The summed E-state index contributed by atoms with van der Waals surface area (Å²) in [6.07, 6.45) is 5.47. The number of likely N-dealkylation sites (tertiary alicyclic amines) is 1. The lowest BCUT2D eigenvalue weighted by Crippen LogP contribution is -2.22. The molecule has 2 N–H and O–H groups in total. The van der Waals surface area contributed by atoms with E-state index in [0.717, 1.165) is 12.2 Å². The van der Waals surface area contributed by atoms with Crippen molar-refractivity contribution in [2.75, 3.05) is 26.2 Å². The molecule has 2 rings (SSSR count). The van der Waals surface area contributed by atoms with Gasteiger partial charge in [-0.2, -0.15) is 0 Å². The number of rotatable bonds is 2. The molecule has 118 valence electrons. The smallest absolute Gasteiger partial charge is 0.266 e. The summed E-state index contributed by atoms with van der Waals surface area (Å²) < 4.78 is 0. The Labute approximate surface area is 123 Å². The highest BCUT2D eigenvalue weighted by molar-refractivity contribution is 4.89. The zero-order valence-corrected chi connectivity index (χ0v) is 13.6. The zero-order chi connectivity index (χ0) is 15.8. The number of hydrogen-bond acceptors (Lipinski definition) is 4. The van der Waals surface area contributed by atoms with Crippen LogP contribution in [0.15, 0.2) is 17.2 Å². The molecule has 2 heterocycles. The molecule has 5 nitrogen and oxygen atoms in total. The van der Waals surface area contributed by atoms with Crippen LogP contribution < -0.4 is 5.56 Å². The van der Waals surface area contributed by atoms with Gasteiger partial charge in [0.05, 0.1) is 18.5 Å². The lowest BCUT2D eigenvalue weighted by atomic mass is 10.4. The van der Waals surface area contributed by atoms with Crippen LogP contribution in [0.3, 0.4) is 0 Å². The molecule has 1 aromatic rings. The van der Waals surface area contributed by atoms with Gasteiger partial charge in [0.25, 0.3) is 5.56 Å². The van der Waals surface area contributed by atoms with Gasteiger partial charge < -0.3 is 15.0 Å². The number of aliphatic hydroxyl groups is 1. The van der Waals surface area contributed by atoms with Crippen LogP contribution in [0, 0.1) is 6.92 Å². The quantitative estimate of drug-likeness (QED) is 0.874. The summed E-state index contributed by atoms with van der Waals surface area (Å²) in [6.45, 7) is 13.4. The van der Waals surface area contributed by atoms with Crippen molar-refractivity contribution < 1.29 is 5.11 Å². The Morgan fingerprint density at radius 1 is 1.25 bits per heavy atom. The van der Waals surface area contributed by atoms with Gasteiger partial charge in [-0.3, -0.25) is 9.78 Å². The third-order valence-corrected chi connectivity index (χ3v) is 2.42. The van der Waals surface area contributed by atoms with Crippen molar-refractivity contribution >= 4 is 0 Å². The Morgan fingerprint density at radius 3 is 2.15 bits per heavy atom. The van der Waals surface area contributed by atoms with Crippen molar-refractivity contribution in [2.24, 2.45) is 0 Å². The van der Waals surface area contributed by atoms with E-state index < -0.39 is 0 Å². The number of nitrogens with one attached hydrogen (secondary N) is 1. The average Bonchev–Trinajstić information content (AvgIpc) is 3.01. The summed E-state index contributed by atoms with van der Waals surface area (Å²) in [5.41, 5.74) is 0.667. The van der Waals surface area contributed by atoms with Crippen molar-refractivity contribution in [3.63, 3.8) is 0 Å². The fraction of sp³-hybridized carbons (Fsp3) is 0.733. The van der Waals surface area contributed by atoms with Crippen LogP contribution in [-0.4, -0.2) is 46.2 Å². The number of H-pyrrole nitrogens is 1. The van der Waals surface area contributed by atoms with Crippen molar-refractivity contribution in [1.29, 1.82) is 0 Å². The van der Waals surface area contributed by atoms with Crippen LogP contribution in [0.1, 0.15) is 46.2 Å². The lowest BCUT2D eigenvalue weighted by molar-refractivity contribution is 0.221. The third-order valence-electron chi connectivity index (χ3n) is 2.42. The van der Waals surface area contributed by atoms with E-state index in [2.05, 4.69) is 14.9 Å². The molecule has 0 spiro atoms. The van der Waals surface area contributed by atoms with Gasteiger partial charge in [-0.1, -0.05) is 27.7 Å². The number of aromatic amines is 1. The number of β-amino-alcohol motifs (C(OH)–C–C–N with tert-alkyl or cyclic N) is 1. The minimum absolute atomic E-state index is 0.157. The molecule has 0 unspecified atom stereocenters. The molecule has 1 aromatic heterocycles. The van der Waals surface area contributed by atoms with E-state index in [1.807, 2.05) is 34.6 Å². The van der Waals surface area contributed by atoms with Crippen LogP contribution in [0.5, 0.6) is 0 Å². The monoisotopic (exact) mass is 285 g/mol. The minimum Gasteiger partial charge on any atom is -0.395 e. The molecular weight excluding hydrogens is 254 g/mol. The van der Waals surface area contributed by atoms with E-state index in [9.17, 15) is 4.79 Å². The number of aliphatic hydroxyl groups excluding tert-OH is 1. The molecule has 0 radical (unpaired) electrons. The molecule has 1 saturated heterocycles. The second-order valence-electron chi connectivity index (χ2n) is 3.82. The maximum atomic E-state index is 10.3. The van der Waals surface area contributed by atoms with Gasteiger partial charge in [0.2, 0.25) is 0 Å². The van der Waals surface area contributed by atoms with Gasteiger partial charge in [-0.15, -0.1) is 0 Å². The Balaban J connectivity index is 0. The van der Waals surface area contributed by atoms with Gasteiger partial charge in [-0.25, -0.2) is 0 Å². The first-order valence-electron chi connectivity index (χ1n) is 7.57. The fourth-order valence-corrected chi connectivity index (χ4v) is 1.56. The second-order valence-corrected chi connectivity index (χ2v) is 3.82. The van der Waals surface area contributed by atoms with Crippen molar-refractivity contribution in [2.45, 2.75) is 47.5 Å². The summed E-state index contributed by atoms with van der Waals surface area (Å²) in [5.74, 6) is 0. The van der Waals surface area contributed by atoms with E-state index in [-0.39, 0.29) is 5.56 Å². The predicted molar refractivity (Wildman–Crippen MR) is 85.1 cm³/mol. The molecule has 0 saturated carbocycles. The van der Waals surface area contributed by atoms with E-state index >= 15 is 0 Å². The minimum atomic E-state index is -0.157. The highest BCUT2D eigenvalue weighted by atomic mass is 16.3. The Kier molecular flexibility index (Phi) is 16.7. The topological polar surface area (TPSA) is 69.2 Å². The third kappa shape index (κ3) is 11.9. The van der Waals surface area contributed by atoms with E-state index in [0.29, 0.717) is 6.61 Å². The van der Waals surface area contributed by atoms with Gasteiger partial charge in [-0.05, 0) is 32.9 Å². The molecule has 20 heavy (non-hydrogen) atoms. The van der Waals surface area contributed by atoms with E-state index in [4.69, 9.17) is 5.11 Å². The van der Waals surface area contributed by atoms with Crippen LogP contribution >= 0.6 is 0 Å². The number of nitrogens with zero attached hydrogens (tertiary/aromatic N) is 2. The molecule has 0 amide bonds. The van der Waals surface area contributed by atoms with Crippen molar-refractivity contribution in [3.8, 4) is 0 Å². The first-order chi connectivity index (χ1) is 9.72. The van der Waals surface area contributed by atoms with Gasteiger partial charge in [0.1, 0.15) is 0 Å². The average molecular weight is 285 g/mol. The van der Waals surface area contributed by atoms with Gasteiger partial charge >= 0.3 is 0 Å². The van der Waals surface area contributed by atoms with Crippen LogP contribution in [0.4, 0.5) is 0 Å². The molecule has 0 aromatic carbocycles. The molecule has 1 fully saturated rings.